The van der Waals surface area contributed by atoms with Gasteiger partial charge in [0, 0.05) is 5.54 Å². The van der Waals surface area contributed by atoms with Crippen LogP contribution in [0.3, 0.4) is 0 Å². The average Bonchev–Trinajstić information content (AvgIpc) is 2.29. The standard InChI is InChI=1S/C16H33N5/c1-14(2,3)17-12-19-21(10,11)13(18-15(4,5)6)20(12)16(7,8)9/h1-11H3. The van der Waals surface area contributed by atoms with E-state index in [2.05, 4.69) is 81.3 Å². The van der Waals surface area contributed by atoms with Gasteiger partial charge in [-0.1, -0.05) is 41.5 Å². The van der Waals surface area contributed by atoms with Gasteiger partial charge in [0.05, 0.1) is 25.6 Å². The van der Waals surface area contributed by atoms with Crippen LogP contribution in [0.15, 0.2) is 9.98 Å². The molecule has 0 aromatic rings. The highest BCUT2D eigenvalue weighted by Gasteiger charge is 2.42. The summed E-state index contributed by atoms with van der Waals surface area (Å²) in [6.07, 6.45) is 0. The highest BCUT2D eigenvalue weighted by Crippen LogP contribution is 2.33. The van der Waals surface area contributed by atoms with Gasteiger partial charge in [0.15, 0.2) is 0 Å². The zero-order chi connectivity index (χ0) is 16.9. The van der Waals surface area contributed by atoms with Gasteiger partial charge < -0.3 is 9.89 Å². The molecule has 0 radical (unpaired) electrons. The first-order valence-corrected chi connectivity index (χ1v) is 7.61. The van der Waals surface area contributed by atoms with E-state index in [0.29, 0.717) is 4.59 Å². The molecule has 0 atom stereocenters. The zero-order valence-corrected chi connectivity index (χ0v) is 15.7. The minimum atomic E-state index is -0.167. The molecule has 0 unspecified atom stereocenters. The molecule has 5 nitrogen and oxygen atoms in total. The van der Waals surface area contributed by atoms with Crippen molar-refractivity contribution < 1.29 is 4.59 Å². The Balaban J connectivity index is 3.49. The molecule has 1 fully saturated rings. The van der Waals surface area contributed by atoms with Crippen LogP contribution in [0.5, 0.6) is 0 Å². The molecule has 1 rings (SSSR count). The summed E-state index contributed by atoms with van der Waals surface area (Å²) in [7, 11) is 4.10. The molecular formula is C16H33N5. The fourth-order valence-corrected chi connectivity index (χ4v) is 2.09. The van der Waals surface area contributed by atoms with Gasteiger partial charge in [-0.2, -0.15) is 5.43 Å². The van der Waals surface area contributed by atoms with Crippen molar-refractivity contribution in [1.29, 1.82) is 0 Å². The predicted octanol–water partition coefficient (Wildman–Crippen LogP) is 3.77. The van der Waals surface area contributed by atoms with Gasteiger partial charge in [-0.3, -0.25) is 0 Å². The van der Waals surface area contributed by atoms with Gasteiger partial charge in [-0.05, 0) is 26.3 Å². The first-order chi connectivity index (χ1) is 9.03. The van der Waals surface area contributed by atoms with Crippen molar-refractivity contribution >= 4 is 11.9 Å². The topological polar surface area (TPSA) is 42.1 Å². The predicted molar refractivity (Wildman–Crippen MR) is 91.4 cm³/mol. The van der Waals surface area contributed by atoms with E-state index in [9.17, 15) is 0 Å². The maximum atomic E-state index is 4.93. The normalized spacial score (nSPS) is 23.9. The molecule has 122 valence electrons. The summed E-state index contributed by atoms with van der Waals surface area (Å²) >= 11 is 0. The van der Waals surface area contributed by atoms with E-state index in [4.69, 9.17) is 15.4 Å². The maximum Gasteiger partial charge on any atom is 0.265 e. The SMILES string of the molecule is CC(C)(C)N=C1[N-][N+](C)(C)C(=NC(C)(C)C)N1C(C)(C)C. The summed E-state index contributed by atoms with van der Waals surface area (Å²) in [4.78, 5) is 11.9. The molecule has 0 N–H and O–H groups in total. The zero-order valence-electron chi connectivity index (χ0n) is 15.7. The molecule has 1 saturated heterocycles. The van der Waals surface area contributed by atoms with Crippen molar-refractivity contribution in [1.82, 2.24) is 4.90 Å². The van der Waals surface area contributed by atoms with E-state index >= 15 is 0 Å². The quantitative estimate of drug-likeness (QED) is 0.627. The molecule has 0 bridgehead atoms. The van der Waals surface area contributed by atoms with Gasteiger partial charge in [-0.15, -0.1) is 0 Å². The van der Waals surface area contributed by atoms with Crippen molar-refractivity contribution in [3.63, 3.8) is 0 Å². The number of hydrogen-bond acceptors (Lipinski definition) is 2. The Kier molecular flexibility index (Phi) is 4.25. The van der Waals surface area contributed by atoms with Crippen LogP contribution in [-0.4, -0.2) is 52.1 Å². The fraction of sp³-hybridized carbons (Fsp3) is 0.875. The lowest BCUT2D eigenvalue weighted by molar-refractivity contribution is -0.753. The Morgan fingerprint density at radius 1 is 0.810 bits per heavy atom. The van der Waals surface area contributed by atoms with Crippen LogP contribution in [0.1, 0.15) is 62.3 Å². The minimum Gasteiger partial charge on any atom is -0.384 e. The second kappa shape index (κ2) is 4.97. The Morgan fingerprint density at radius 3 is 1.57 bits per heavy atom. The van der Waals surface area contributed by atoms with Gasteiger partial charge >= 0.3 is 0 Å². The van der Waals surface area contributed by atoms with Gasteiger partial charge in [-0.25, -0.2) is 9.58 Å². The Labute approximate surface area is 130 Å². The average molecular weight is 295 g/mol. The first-order valence-electron chi connectivity index (χ1n) is 7.61. The molecule has 0 saturated carbocycles. The molecule has 0 amide bonds. The van der Waals surface area contributed by atoms with E-state index in [1.54, 1.807) is 0 Å². The van der Waals surface area contributed by atoms with Crippen LogP contribution in [0.4, 0.5) is 0 Å². The molecule has 0 aromatic heterocycles. The largest absolute Gasteiger partial charge is 0.384 e. The minimum absolute atomic E-state index is 0.121. The van der Waals surface area contributed by atoms with E-state index in [1.807, 2.05) is 0 Å². The number of guanidine groups is 2. The number of rotatable bonds is 0. The number of quaternary nitrogens is 1. The molecule has 21 heavy (non-hydrogen) atoms. The van der Waals surface area contributed by atoms with Crippen LogP contribution < -0.4 is 0 Å². The van der Waals surface area contributed by atoms with Crippen LogP contribution in [0.2, 0.25) is 0 Å². The van der Waals surface area contributed by atoms with Crippen LogP contribution in [0, 0.1) is 0 Å². The van der Waals surface area contributed by atoms with Crippen molar-refractivity contribution in [3.8, 4) is 0 Å². The first kappa shape index (κ1) is 18.0. The van der Waals surface area contributed by atoms with E-state index < -0.39 is 0 Å². The van der Waals surface area contributed by atoms with E-state index in [0.717, 1.165) is 11.9 Å². The molecule has 1 aliphatic rings. The highest BCUT2D eigenvalue weighted by molar-refractivity contribution is 6.08. The molecule has 0 aromatic carbocycles. The second-order valence-electron chi connectivity index (χ2n) is 9.17. The van der Waals surface area contributed by atoms with E-state index in [-0.39, 0.29) is 16.6 Å². The molecule has 1 heterocycles. The van der Waals surface area contributed by atoms with Crippen LogP contribution in [-0.2, 0) is 0 Å². The molecule has 1 aliphatic heterocycles. The van der Waals surface area contributed by atoms with Crippen molar-refractivity contribution in [3.05, 3.63) is 5.43 Å². The third kappa shape index (κ3) is 4.70. The summed E-state index contributed by atoms with van der Waals surface area (Å²) in [5.41, 5.74) is 4.36. The van der Waals surface area contributed by atoms with Gasteiger partial charge in [0.2, 0.25) is 0 Å². The highest BCUT2D eigenvalue weighted by atomic mass is 15.8. The lowest BCUT2D eigenvalue weighted by Crippen LogP contribution is -2.51. The number of aliphatic imine (C=N–C) groups is 2. The summed E-state index contributed by atoms with van der Waals surface area (Å²) in [6, 6.07) is 0. The monoisotopic (exact) mass is 295 g/mol. The maximum absolute atomic E-state index is 4.93. The Bertz CT molecular complexity index is 453. The fourth-order valence-electron chi connectivity index (χ4n) is 2.09. The number of nitrogens with zero attached hydrogens (tertiary/aromatic N) is 5. The lowest BCUT2D eigenvalue weighted by Gasteiger charge is -2.38. The lowest BCUT2D eigenvalue weighted by atomic mass is 10.1. The van der Waals surface area contributed by atoms with Gasteiger partial charge in [0.25, 0.3) is 5.96 Å². The summed E-state index contributed by atoms with van der Waals surface area (Å²) in [6.45, 7) is 19.1. The van der Waals surface area contributed by atoms with Crippen LogP contribution in [0.25, 0.3) is 5.43 Å². The van der Waals surface area contributed by atoms with E-state index in [1.165, 1.54) is 0 Å². The molecular weight excluding hydrogens is 262 g/mol. The van der Waals surface area contributed by atoms with Gasteiger partial charge in [0.1, 0.15) is 0 Å². The molecule has 0 spiro atoms. The van der Waals surface area contributed by atoms with Crippen molar-refractivity contribution in [2.45, 2.75) is 78.9 Å². The van der Waals surface area contributed by atoms with Crippen LogP contribution >= 0.6 is 0 Å². The second-order valence-corrected chi connectivity index (χ2v) is 9.17. The summed E-state index contributed by atoms with van der Waals surface area (Å²) in [5.74, 6) is 1.71. The van der Waals surface area contributed by atoms with Crippen molar-refractivity contribution in [2.24, 2.45) is 9.98 Å². The molecule has 0 aliphatic carbocycles. The smallest absolute Gasteiger partial charge is 0.265 e. The number of hydrogen-bond donors (Lipinski definition) is 0. The third-order valence-corrected chi connectivity index (χ3v) is 2.77. The Morgan fingerprint density at radius 2 is 1.24 bits per heavy atom. The Hall–Kier alpha value is -1.10. The summed E-state index contributed by atoms with van der Waals surface area (Å²) in [5, 5.41) is 0. The third-order valence-electron chi connectivity index (χ3n) is 2.77. The van der Waals surface area contributed by atoms with Crippen molar-refractivity contribution in [2.75, 3.05) is 14.1 Å². The molecule has 5 heteroatoms. The summed E-state index contributed by atoms with van der Waals surface area (Å²) < 4.78 is 0.378.